The Balaban J connectivity index is 2.05. The van der Waals surface area contributed by atoms with Gasteiger partial charge in [0, 0.05) is 24.5 Å². The Morgan fingerprint density at radius 1 is 1.38 bits per heavy atom. The van der Waals surface area contributed by atoms with Crippen LogP contribution in [0.4, 0.5) is 4.79 Å². The molecule has 1 aliphatic heterocycles. The van der Waals surface area contributed by atoms with Crippen molar-refractivity contribution >= 4 is 17.5 Å². The van der Waals surface area contributed by atoms with Crippen molar-refractivity contribution in [1.82, 2.24) is 9.62 Å². The highest BCUT2D eigenvalue weighted by Crippen LogP contribution is 2.49. The van der Waals surface area contributed by atoms with E-state index >= 15 is 0 Å². The van der Waals surface area contributed by atoms with Gasteiger partial charge in [-0.15, -0.1) is 4.72 Å². The highest BCUT2D eigenvalue weighted by molar-refractivity contribution is 7.90. The smallest absolute Gasteiger partial charge is 0.407 e. The van der Waals surface area contributed by atoms with Crippen LogP contribution in [0, 0.1) is 11.3 Å². The minimum absolute atomic E-state index is 0.117. The minimum atomic E-state index is -1.07. The molecule has 5 nitrogen and oxygen atoms in total. The summed E-state index contributed by atoms with van der Waals surface area (Å²) >= 11 is -1.07. The second kappa shape index (κ2) is 5.97. The summed E-state index contributed by atoms with van der Waals surface area (Å²) in [4.78, 5) is 12.6. The van der Waals surface area contributed by atoms with E-state index in [1.807, 2.05) is 20.8 Å². The van der Waals surface area contributed by atoms with Crippen LogP contribution in [0.2, 0.25) is 0 Å². The lowest BCUT2D eigenvalue weighted by Gasteiger charge is -2.43. The van der Waals surface area contributed by atoms with E-state index in [2.05, 4.69) is 11.6 Å². The lowest BCUT2D eigenvalue weighted by atomic mass is 9.74. The Kier molecular flexibility index (Phi) is 4.81. The molecule has 2 aliphatic rings. The zero-order valence-electron chi connectivity index (χ0n) is 13.5. The second-order valence-corrected chi connectivity index (χ2v) is 9.73. The summed E-state index contributed by atoms with van der Waals surface area (Å²) in [5.74, 6) is 0.607. The number of nitrogens with zero attached hydrogens (tertiary/aromatic N) is 1. The molecule has 1 amide bonds. The van der Waals surface area contributed by atoms with Crippen LogP contribution >= 0.6 is 0 Å². The molecule has 1 saturated carbocycles. The van der Waals surface area contributed by atoms with Crippen LogP contribution in [-0.4, -0.2) is 44.5 Å². The molecule has 3 unspecified atom stereocenters. The summed E-state index contributed by atoms with van der Waals surface area (Å²) in [6.07, 6.45) is 3.08. The maximum Gasteiger partial charge on any atom is 0.407 e. The van der Waals surface area contributed by atoms with E-state index in [0.717, 1.165) is 25.7 Å². The van der Waals surface area contributed by atoms with Crippen molar-refractivity contribution in [2.45, 2.75) is 64.2 Å². The Hall–Kier alpha value is -0.460. The standard InChI is InChI=1S/C15H28N2O3S/c1-11-9-12(16-21(20)14(2,3)4)15(10-11)5-7-17(8-6-15)13(18)19/h11-12,16H,5-10H2,1-4H3,(H,18,19). The van der Waals surface area contributed by atoms with Crippen LogP contribution < -0.4 is 4.72 Å². The van der Waals surface area contributed by atoms with Crippen molar-refractivity contribution in [1.29, 1.82) is 0 Å². The number of nitrogens with one attached hydrogen (secondary N) is 1. The van der Waals surface area contributed by atoms with Gasteiger partial charge in [-0.1, -0.05) is 6.92 Å². The molecule has 0 aromatic carbocycles. The SMILES string of the molecule is CC1CC(N[S+]([O-])C(C)(C)C)C2(CCN(C(=O)O)CC2)C1. The Morgan fingerprint density at radius 3 is 2.43 bits per heavy atom. The molecule has 122 valence electrons. The topological polar surface area (TPSA) is 75.6 Å². The van der Waals surface area contributed by atoms with Gasteiger partial charge in [0.25, 0.3) is 0 Å². The monoisotopic (exact) mass is 316 g/mol. The van der Waals surface area contributed by atoms with Crippen molar-refractivity contribution in [3.63, 3.8) is 0 Å². The molecule has 21 heavy (non-hydrogen) atoms. The van der Waals surface area contributed by atoms with Crippen molar-refractivity contribution in [3.05, 3.63) is 0 Å². The van der Waals surface area contributed by atoms with Crippen LogP contribution in [0.1, 0.15) is 53.4 Å². The Morgan fingerprint density at radius 2 is 1.95 bits per heavy atom. The molecule has 2 N–H and O–H groups in total. The summed E-state index contributed by atoms with van der Waals surface area (Å²) < 4.78 is 15.5. The average Bonchev–Trinajstić information content (AvgIpc) is 2.64. The maximum atomic E-state index is 12.4. The number of hydrogen-bond acceptors (Lipinski definition) is 3. The van der Waals surface area contributed by atoms with Gasteiger partial charge in [0.05, 0.1) is 6.04 Å². The van der Waals surface area contributed by atoms with Gasteiger partial charge in [0.1, 0.15) is 4.75 Å². The quantitative estimate of drug-likeness (QED) is 0.768. The summed E-state index contributed by atoms with van der Waals surface area (Å²) in [6.45, 7) is 9.38. The van der Waals surface area contributed by atoms with E-state index in [9.17, 15) is 9.35 Å². The largest absolute Gasteiger partial charge is 0.598 e. The predicted molar refractivity (Wildman–Crippen MR) is 84.5 cm³/mol. The number of carbonyl (C=O) groups is 1. The van der Waals surface area contributed by atoms with Gasteiger partial charge in [0.15, 0.2) is 0 Å². The number of piperidine rings is 1. The predicted octanol–water partition coefficient (Wildman–Crippen LogP) is 2.60. The Labute approximate surface area is 130 Å². The number of amides is 1. The fraction of sp³-hybridized carbons (Fsp3) is 0.933. The number of rotatable bonds is 2. The van der Waals surface area contributed by atoms with Crippen molar-refractivity contribution in [3.8, 4) is 0 Å². The zero-order chi connectivity index (χ0) is 15.8. The second-order valence-electron chi connectivity index (χ2n) is 7.73. The van der Waals surface area contributed by atoms with Gasteiger partial charge in [-0.3, -0.25) is 0 Å². The molecule has 1 saturated heterocycles. The molecule has 0 bridgehead atoms. The molecule has 2 fully saturated rings. The molecule has 0 aromatic rings. The van der Waals surface area contributed by atoms with E-state index < -0.39 is 17.5 Å². The molecule has 1 aliphatic carbocycles. The van der Waals surface area contributed by atoms with Gasteiger partial charge in [0.2, 0.25) is 0 Å². The lowest BCUT2D eigenvalue weighted by Crippen LogP contribution is -2.53. The normalized spacial score (nSPS) is 30.6. The van der Waals surface area contributed by atoms with Crippen molar-refractivity contribution in [2.75, 3.05) is 13.1 Å². The molecule has 1 spiro atoms. The van der Waals surface area contributed by atoms with E-state index in [4.69, 9.17) is 5.11 Å². The van der Waals surface area contributed by atoms with Crippen LogP contribution in [0.25, 0.3) is 0 Å². The van der Waals surface area contributed by atoms with E-state index in [1.165, 1.54) is 4.90 Å². The fourth-order valence-electron chi connectivity index (χ4n) is 3.75. The number of hydrogen-bond donors (Lipinski definition) is 2. The van der Waals surface area contributed by atoms with Gasteiger partial charge in [-0.25, -0.2) is 4.79 Å². The fourth-order valence-corrected chi connectivity index (χ4v) is 4.71. The molecular formula is C15H28N2O3S. The van der Waals surface area contributed by atoms with Crippen molar-refractivity contribution < 1.29 is 14.5 Å². The number of likely N-dealkylation sites (tertiary alicyclic amines) is 1. The molecule has 6 heteroatoms. The van der Waals surface area contributed by atoms with Crippen LogP contribution in [0.3, 0.4) is 0 Å². The van der Waals surface area contributed by atoms with Gasteiger partial charge in [-0.05, 0) is 57.8 Å². The van der Waals surface area contributed by atoms with Gasteiger partial charge >= 0.3 is 6.09 Å². The first-order valence-corrected chi connectivity index (χ1v) is 8.95. The number of carboxylic acid groups (broad SMARTS) is 1. The molecule has 3 atom stereocenters. The maximum absolute atomic E-state index is 12.4. The minimum Gasteiger partial charge on any atom is -0.598 e. The average molecular weight is 316 g/mol. The third-order valence-electron chi connectivity index (χ3n) is 4.97. The van der Waals surface area contributed by atoms with Crippen molar-refractivity contribution in [2.24, 2.45) is 11.3 Å². The first-order valence-electron chi connectivity index (χ1n) is 7.80. The molecule has 2 rings (SSSR count). The zero-order valence-corrected chi connectivity index (χ0v) is 14.3. The van der Waals surface area contributed by atoms with E-state index in [1.54, 1.807) is 0 Å². The third-order valence-corrected chi connectivity index (χ3v) is 6.58. The summed E-state index contributed by atoms with van der Waals surface area (Å²) in [7, 11) is 0. The van der Waals surface area contributed by atoms with Crippen LogP contribution in [0.5, 0.6) is 0 Å². The lowest BCUT2D eigenvalue weighted by molar-refractivity contribution is 0.0792. The summed E-state index contributed by atoms with van der Waals surface area (Å²) in [5, 5.41) is 9.10. The molecular weight excluding hydrogens is 288 g/mol. The highest BCUT2D eigenvalue weighted by Gasteiger charge is 2.50. The summed E-state index contributed by atoms with van der Waals surface area (Å²) in [5.41, 5.74) is 0.117. The van der Waals surface area contributed by atoms with Gasteiger partial charge < -0.3 is 14.6 Å². The Bertz CT molecular complexity index is 389. The van der Waals surface area contributed by atoms with Gasteiger partial charge in [-0.2, -0.15) is 0 Å². The summed E-state index contributed by atoms with van der Waals surface area (Å²) in [6, 6.07) is 0.239. The van der Waals surface area contributed by atoms with Crippen LogP contribution in [-0.2, 0) is 11.4 Å². The highest BCUT2D eigenvalue weighted by atomic mass is 32.2. The third kappa shape index (κ3) is 3.66. The van der Waals surface area contributed by atoms with Crippen LogP contribution in [0.15, 0.2) is 0 Å². The first kappa shape index (κ1) is 16.9. The van der Waals surface area contributed by atoms with E-state index in [0.29, 0.717) is 19.0 Å². The molecule has 0 aromatic heterocycles. The first-order chi connectivity index (χ1) is 9.64. The van der Waals surface area contributed by atoms with E-state index in [-0.39, 0.29) is 16.2 Å². The molecule has 0 radical (unpaired) electrons. The molecule has 1 heterocycles.